The molecule has 1 atom stereocenters. The Labute approximate surface area is 147 Å². The van der Waals surface area contributed by atoms with E-state index in [0.29, 0.717) is 11.2 Å². The molecule has 0 bridgehead atoms. The first-order valence-corrected chi connectivity index (χ1v) is 9.32. The minimum absolute atomic E-state index is 0.0186. The molecule has 1 fully saturated rings. The van der Waals surface area contributed by atoms with E-state index in [1.165, 1.54) is 29.5 Å². The molecule has 5 rings (SSSR count). The zero-order valence-electron chi connectivity index (χ0n) is 14.6. The summed E-state index contributed by atoms with van der Waals surface area (Å²) in [4.78, 5) is 13.3. The second-order valence-corrected chi connectivity index (χ2v) is 8.04. The van der Waals surface area contributed by atoms with Crippen LogP contribution in [0.15, 0.2) is 18.2 Å². The summed E-state index contributed by atoms with van der Waals surface area (Å²) in [5.41, 5.74) is 12.4. The van der Waals surface area contributed by atoms with Crippen LogP contribution in [-0.4, -0.2) is 22.2 Å². The number of hydrogen-bond donors (Lipinski definition) is 2. The maximum atomic E-state index is 13.3. The second-order valence-electron chi connectivity index (χ2n) is 8.04. The molecule has 0 radical (unpaired) electrons. The fraction of sp³-hybridized carbons (Fsp3) is 0.500. The molecule has 0 saturated heterocycles. The van der Waals surface area contributed by atoms with Gasteiger partial charge < -0.3 is 11.1 Å². The smallest absolute Gasteiger partial charge is 0.256 e. The van der Waals surface area contributed by atoms with Gasteiger partial charge >= 0.3 is 0 Å². The quantitative estimate of drug-likeness (QED) is 0.838. The summed E-state index contributed by atoms with van der Waals surface area (Å²) >= 11 is 0. The van der Waals surface area contributed by atoms with Crippen molar-refractivity contribution in [2.24, 2.45) is 5.41 Å². The third-order valence-corrected chi connectivity index (χ3v) is 6.43. The Morgan fingerprint density at radius 2 is 2.20 bits per heavy atom. The average Bonchev–Trinajstić information content (AvgIpc) is 3.30. The first kappa shape index (κ1) is 15.0. The highest BCUT2D eigenvalue weighted by molar-refractivity contribution is 5.90. The lowest BCUT2D eigenvalue weighted by Crippen LogP contribution is -2.28. The molecule has 1 saturated carbocycles. The van der Waals surface area contributed by atoms with Gasteiger partial charge in [-0.25, -0.2) is 0 Å². The largest absolute Gasteiger partial charge is 0.385 e. The van der Waals surface area contributed by atoms with Crippen molar-refractivity contribution >= 4 is 17.4 Å². The summed E-state index contributed by atoms with van der Waals surface area (Å²) in [6.07, 6.45) is 6.53. The summed E-state index contributed by atoms with van der Waals surface area (Å²) in [7, 11) is 0. The molecule has 2 aliphatic carbocycles. The van der Waals surface area contributed by atoms with Crippen LogP contribution < -0.4 is 11.1 Å². The Bertz CT molecular complexity index is 878. The molecule has 1 aromatic heterocycles. The molecule has 130 valence electrons. The van der Waals surface area contributed by atoms with Gasteiger partial charge in [0.25, 0.3) is 5.91 Å². The number of nitrogen functional groups attached to an aromatic ring is 1. The van der Waals surface area contributed by atoms with Crippen LogP contribution in [0.2, 0.25) is 0 Å². The van der Waals surface area contributed by atoms with Crippen molar-refractivity contribution in [3.8, 4) is 0 Å². The lowest BCUT2D eigenvalue weighted by molar-refractivity contribution is 0.0859. The predicted molar refractivity (Wildman–Crippen MR) is 98.0 cm³/mol. The normalized spacial score (nSPS) is 22.8. The maximum Gasteiger partial charge on any atom is 0.256 e. The fourth-order valence-corrected chi connectivity index (χ4v) is 4.65. The lowest BCUT2D eigenvalue weighted by Gasteiger charge is -2.27. The number of nitrogens with zero attached hydrogens (tertiary/aromatic N) is 2. The molecule has 5 nitrogen and oxygen atoms in total. The fourth-order valence-electron chi connectivity index (χ4n) is 4.65. The zero-order chi connectivity index (χ0) is 17.2. The van der Waals surface area contributed by atoms with E-state index in [0.717, 1.165) is 48.3 Å². The van der Waals surface area contributed by atoms with Crippen LogP contribution >= 0.6 is 0 Å². The number of nitrogens with one attached hydrogen (secondary N) is 1. The first-order chi connectivity index (χ1) is 12.1. The third kappa shape index (κ3) is 2.21. The van der Waals surface area contributed by atoms with E-state index in [9.17, 15) is 4.79 Å². The van der Waals surface area contributed by atoms with Crippen molar-refractivity contribution in [3.05, 3.63) is 40.6 Å². The third-order valence-electron chi connectivity index (χ3n) is 6.43. The van der Waals surface area contributed by atoms with E-state index in [2.05, 4.69) is 29.5 Å². The van der Waals surface area contributed by atoms with Crippen LogP contribution in [0, 0.1) is 12.3 Å². The molecule has 2 heterocycles. The molecule has 25 heavy (non-hydrogen) atoms. The highest BCUT2D eigenvalue weighted by Crippen LogP contribution is 2.55. The highest BCUT2D eigenvalue weighted by Gasteiger charge is 2.46. The molecule has 3 aliphatic rings. The number of aryl methyl sites for hydroxylation is 2. The van der Waals surface area contributed by atoms with Gasteiger partial charge in [0.1, 0.15) is 5.82 Å². The number of carbonyl (C=O) groups excluding carboxylic acids is 1. The number of aromatic nitrogens is 2. The van der Waals surface area contributed by atoms with Crippen molar-refractivity contribution < 1.29 is 4.79 Å². The van der Waals surface area contributed by atoms with E-state index in [1.807, 2.05) is 6.07 Å². The molecule has 1 unspecified atom stereocenters. The summed E-state index contributed by atoms with van der Waals surface area (Å²) in [6, 6.07) is 6.15. The van der Waals surface area contributed by atoms with Crippen molar-refractivity contribution in [1.29, 1.82) is 0 Å². The Morgan fingerprint density at radius 1 is 1.36 bits per heavy atom. The second kappa shape index (κ2) is 5.10. The van der Waals surface area contributed by atoms with Crippen molar-refractivity contribution in [3.63, 3.8) is 0 Å². The van der Waals surface area contributed by atoms with Crippen LogP contribution in [0.3, 0.4) is 0 Å². The SMILES string of the molecule is Cc1cccc2c1NCCC2C(=O)n1nc2c(c1N)CC1(CC2)CC1. The van der Waals surface area contributed by atoms with Crippen molar-refractivity contribution in [2.75, 3.05) is 17.6 Å². The number of nitrogens with two attached hydrogens (primary N) is 1. The number of hydrogen-bond acceptors (Lipinski definition) is 4. The lowest BCUT2D eigenvalue weighted by atomic mass is 9.84. The van der Waals surface area contributed by atoms with Gasteiger partial charge in [0, 0.05) is 17.8 Å². The molecule has 0 amide bonds. The van der Waals surface area contributed by atoms with Crippen LogP contribution in [0.4, 0.5) is 11.5 Å². The van der Waals surface area contributed by atoms with Gasteiger partial charge in [0.2, 0.25) is 0 Å². The molecular weight excluding hydrogens is 312 g/mol. The molecule has 1 aromatic carbocycles. The van der Waals surface area contributed by atoms with E-state index in [1.54, 1.807) is 0 Å². The summed E-state index contributed by atoms with van der Waals surface area (Å²) in [6.45, 7) is 2.88. The highest BCUT2D eigenvalue weighted by atomic mass is 16.2. The minimum atomic E-state index is -0.172. The van der Waals surface area contributed by atoms with Crippen molar-refractivity contribution in [1.82, 2.24) is 9.78 Å². The summed E-state index contributed by atoms with van der Waals surface area (Å²) < 4.78 is 1.51. The Hall–Kier alpha value is -2.30. The molecule has 5 heteroatoms. The zero-order valence-corrected chi connectivity index (χ0v) is 14.6. The van der Waals surface area contributed by atoms with Gasteiger partial charge in [-0.1, -0.05) is 18.2 Å². The number of benzene rings is 1. The van der Waals surface area contributed by atoms with Crippen LogP contribution in [0.5, 0.6) is 0 Å². The molecule has 2 aromatic rings. The summed E-state index contributed by atoms with van der Waals surface area (Å²) in [5, 5.41) is 8.07. The number of carbonyl (C=O) groups is 1. The van der Waals surface area contributed by atoms with Gasteiger partial charge in [0.05, 0.1) is 11.6 Å². The Kier molecular flexibility index (Phi) is 3.06. The molecular formula is C20H24N4O. The van der Waals surface area contributed by atoms with Gasteiger partial charge in [0.15, 0.2) is 0 Å². The van der Waals surface area contributed by atoms with Gasteiger partial charge in [-0.05, 0) is 62.0 Å². The predicted octanol–water partition coefficient (Wildman–Crippen LogP) is 3.28. The topological polar surface area (TPSA) is 72.9 Å². The van der Waals surface area contributed by atoms with E-state index in [-0.39, 0.29) is 11.8 Å². The number of fused-ring (bicyclic) bond motifs is 2. The average molecular weight is 336 g/mol. The van der Waals surface area contributed by atoms with Gasteiger partial charge in [-0.2, -0.15) is 9.78 Å². The Balaban J connectivity index is 1.52. The van der Waals surface area contributed by atoms with Crippen LogP contribution in [0.25, 0.3) is 0 Å². The first-order valence-electron chi connectivity index (χ1n) is 9.32. The van der Waals surface area contributed by atoms with E-state index in [4.69, 9.17) is 5.73 Å². The van der Waals surface area contributed by atoms with Gasteiger partial charge in [-0.15, -0.1) is 0 Å². The van der Waals surface area contributed by atoms with E-state index < -0.39 is 0 Å². The Morgan fingerprint density at radius 3 is 3.00 bits per heavy atom. The number of rotatable bonds is 1. The number of anilines is 2. The van der Waals surface area contributed by atoms with Gasteiger partial charge in [-0.3, -0.25) is 4.79 Å². The van der Waals surface area contributed by atoms with Crippen LogP contribution in [0.1, 0.15) is 58.8 Å². The summed E-state index contributed by atoms with van der Waals surface area (Å²) in [5.74, 6) is 0.429. The standard InChI is InChI=1S/C20H24N4O/c1-12-3-2-4-13-14(6-10-22-17(12)13)19(25)24-18(21)15-11-20(8-9-20)7-5-16(15)23-24/h2-4,14,22H,5-11,21H2,1H3. The van der Waals surface area contributed by atoms with Crippen molar-refractivity contribution in [2.45, 2.75) is 51.4 Å². The number of para-hydroxylation sites is 1. The maximum absolute atomic E-state index is 13.3. The molecule has 3 N–H and O–H groups in total. The minimum Gasteiger partial charge on any atom is -0.385 e. The van der Waals surface area contributed by atoms with E-state index >= 15 is 0 Å². The monoisotopic (exact) mass is 336 g/mol. The molecule has 1 aliphatic heterocycles. The molecule has 1 spiro atoms. The van der Waals surface area contributed by atoms with Crippen LogP contribution in [-0.2, 0) is 12.8 Å².